The van der Waals surface area contributed by atoms with Crippen LogP contribution in [0.15, 0.2) is 47.1 Å². The summed E-state index contributed by atoms with van der Waals surface area (Å²) in [6.45, 7) is 1.49. The van der Waals surface area contributed by atoms with E-state index < -0.39 is 0 Å². The number of carbonyl (C=O) groups is 2. The Morgan fingerprint density at radius 1 is 1.23 bits per heavy atom. The number of anilines is 1. The van der Waals surface area contributed by atoms with Gasteiger partial charge < -0.3 is 24.7 Å². The van der Waals surface area contributed by atoms with Crippen LogP contribution in [0.4, 0.5) is 10.5 Å². The zero-order valence-corrected chi connectivity index (χ0v) is 14.7. The Hall–Kier alpha value is -2.96. The van der Waals surface area contributed by atoms with Crippen molar-refractivity contribution in [2.45, 2.75) is 19.4 Å². The van der Waals surface area contributed by atoms with Crippen LogP contribution >= 0.6 is 0 Å². The number of piperidine rings is 1. The van der Waals surface area contributed by atoms with Gasteiger partial charge in [0, 0.05) is 30.8 Å². The van der Waals surface area contributed by atoms with E-state index in [9.17, 15) is 9.59 Å². The van der Waals surface area contributed by atoms with E-state index in [4.69, 9.17) is 9.15 Å². The van der Waals surface area contributed by atoms with Gasteiger partial charge in [-0.3, -0.25) is 4.79 Å². The Kier molecular flexibility index (Phi) is 5.78. The van der Waals surface area contributed by atoms with Crippen molar-refractivity contribution in [1.29, 1.82) is 0 Å². The highest BCUT2D eigenvalue weighted by Gasteiger charge is 2.27. The first-order valence-corrected chi connectivity index (χ1v) is 8.66. The molecular weight excluding hydrogens is 334 g/mol. The first kappa shape index (κ1) is 17.8. The number of benzene rings is 1. The molecule has 0 spiro atoms. The summed E-state index contributed by atoms with van der Waals surface area (Å²) >= 11 is 0. The molecule has 2 heterocycles. The third-order valence-electron chi connectivity index (χ3n) is 4.49. The van der Waals surface area contributed by atoms with Gasteiger partial charge in [-0.15, -0.1) is 0 Å². The molecule has 7 nitrogen and oxygen atoms in total. The predicted molar refractivity (Wildman–Crippen MR) is 96.9 cm³/mol. The maximum Gasteiger partial charge on any atom is 0.321 e. The van der Waals surface area contributed by atoms with Crippen molar-refractivity contribution < 1.29 is 18.7 Å². The van der Waals surface area contributed by atoms with Crippen molar-refractivity contribution in [1.82, 2.24) is 10.2 Å². The van der Waals surface area contributed by atoms with Crippen LogP contribution in [0, 0.1) is 5.92 Å². The molecule has 1 aliphatic rings. The molecule has 0 aliphatic carbocycles. The van der Waals surface area contributed by atoms with Crippen LogP contribution in [0.1, 0.15) is 18.6 Å². The lowest BCUT2D eigenvalue weighted by Crippen LogP contribution is -2.44. The minimum Gasteiger partial charge on any atom is -0.497 e. The molecule has 1 saturated heterocycles. The molecule has 1 aromatic heterocycles. The van der Waals surface area contributed by atoms with Crippen molar-refractivity contribution in [3.05, 3.63) is 48.4 Å². The fourth-order valence-electron chi connectivity index (χ4n) is 2.98. The van der Waals surface area contributed by atoms with E-state index in [1.807, 2.05) is 24.3 Å². The summed E-state index contributed by atoms with van der Waals surface area (Å²) in [6.07, 6.45) is 2.88. The summed E-state index contributed by atoms with van der Waals surface area (Å²) in [5.74, 6) is 1.35. The topological polar surface area (TPSA) is 83.8 Å². The molecule has 0 bridgehead atoms. The number of urea groups is 1. The standard InChI is InChI=1S/C19H23N3O4/c1-25-16-5-2-4-15(12-16)21-19(24)22-9-7-14(8-10-22)18(23)20-13-17-6-3-11-26-17/h2-6,11-12,14H,7-10,13H2,1H3,(H,20,23)(H,21,24). The van der Waals surface area contributed by atoms with Gasteiger partial charge in [0.15, 0.2) is 0 Å². The third-order valence-corrected chi connectivity index (χ3v) is 4.49. The molecule has 26 heavy (non-hydrogen) atoms. The van der Waals surface area contributed by atoms with Crippen molar-refractivity contribution in [3.8, 4) is 5.75 Å². The van der Waals surface area contributed by atoms with Gasteiger partial charge >= 0.3 is 6.03 Å². The number of amides is 3. The second-order valence-corrected chi connectivity index (χ2v) is 6.22. The highest BCUT2D eigenvalue weighted by atomic mass is 16.5. The zero-order valence-electron chi connectivity index (χ0n) is 14.7. The largest absolute Gasteiger partial charge is 0.497 e. The minimum atomic E-state index is -0.160. The van der Waals surface area contributed by atoms with Gasteiger partial charge in [-0.05, 0) is 37.1 Å². The fraction of sp³-hybridized carbons (Fsp3) is 0.368. The summed E-state index contributed by atoms with van der Waals surface area (Å²) in [5.41, 5.74) is 0.688. The molecule has 0 atom stereocenters. The lowest BCUT2D eigenvalue weighted by atomic mass is 9.96. The number of furan rings is 1. The highest BCUT2D eigenvalue weighted by Crippen LogP contribution is 2.20. The number of ether oxygens (including phenoxy) is 1. The van der Waals surface area contributed by atoms with Crippen molar-refractivity contribution in [3.63, 3.8) is 0 Å². The number of methoxy groups -OCH3 is 1. The first-order chi connectivity index (χ1) is 12.7. The summed E-state index contributed by atoms with van der Waals surface area (Å²) in [6, 6.07) is 10.7. The van der Waals surface area contributed by atoms with E-state index >= 15 is 0 Å². The molecule has 0 unspecified atom stereocenters. The molecule has 2 aromatic rings. The molecule has 3 rings (SSSR count). The summed E-state index contributed by atoms with van der Waals surface area (Å²) in [5, 5.41) is 5.75. The van der Waals surface area contributed by atoms with E-state index in [1.54, 1.807) is 30.4 Å². The molecule has 1 fully saturated rings. The lowest BCUT2D eigenvalue weighted by Gasteiger charge is -2.31. The van der Waals surface area contributed by atoms with Crippen LogP contribution in [0.2, 0.25) is 0 Å². The Bertz CT molecular complexity index is 737. The normalized spacial score (nSPS) is 14.7. The van der Waals surface area contributed by atoms with E-state index in [-0.39, 0.29) is 17.9 Å². The zero-order chi connectivity index (χ0) is 18.4. The Balaban J connectivity index is 1.45. The average Bonchev–Trinajstić information content (AvgIpc) is 3.20. The van der Waals surface area contributed by atoms with Gasteiger partial charge in [-0.1, -0.05) is 6.07 Å². The number of carbonyl (C=O) groups excluding carboxylic acids is 2. The van der Waals surface area contributed by atoms with Gasteiger partial charge in [0.25, 0.3) is 0 Å². The molecule has 1 aliphatic heterocycles. The van der Waals surface area contributed by atoms with E-state index in [2.05, 4.69) is 10.6 Å². The molecular formula is C19H23N3O4. The van der Waals surface area contributed by atoms with Gasteiger partial charge in [0.05, 0.1) is 19.9 Å². The Morgan fingerprint density at radius 3 is 2.73 bits per heavy atom. The average molecular weight is 357 g/mol. The van der Waals surface area contributed by atoms with Crippen LogP contribution < -0.4 is 15.4 Å². The predicted octanol–water partition coefficient (Wildman–Crippen LogP) is 2.85. The van der Waals surface area contributed by atoms with Crippen LogP contribution in [0.3, 0.4) is 0 Å². The Morgan fingerprint density at radius 2 is 2.04 bits per heavy atom. The molecule has 1 aromatic carbocycles. The van der Waals surface area contributed by atoms with Crippen molar-refractivity contribution in [2.24, 2.45) is 5.92 Å². The van der Waals surface area contributed by atoms with Crippen LogP contribution in [-0.4, -0.2) is 37.0 Å². The molecule has 2 N–H and O–H groups in total. The van der Waals surface area contributed by atoms with E-state index in [0.29, 0.717) is 43.9 Å². The quantitative estimate of drug-likeness (QED) is 0.862. The highest BCUT2D eigenvalue weighted by molar-refractivity contribution is 5.89. The summed E-state index contributed by atoms with van der Waals surface area (Å²) < 4.78 is 10.4. The number of rotatable bonds is 5. The second-order valence-electron chi connectivity index (χ2n) is 6.22. The SMILES string of the molecule is COc1cccc(NC(=O)N2CCC(C(=O)NCc3ccco3)CC2)c1. The van der Waals surface area contributed by atoms with Crippen LogP contribution in [0.25, 0.3) is 0 Å². The fourth-order valence-corrected chi connectivity index (χ4v) is 2.98. The monoisotopic (exact) mass is 357 g/mol. The summed E-state index contributed by atoms with van der Waals surface area (Å²) in [4.78, 5) is 26.4. The van der Waals surface area contributed by atoms with Gasteiger partial charge in [0.2, 0.25) is 5.91 Å². The van der Waals surface area contributed by atoms with Crippen LogP contribution in [-0.2, 0) is 11.3 Å². The number of nitrogens with zero attached hydrogens (tertiary/aromatic N) is 1. The Labute approximate surface area is 152 Å². The lowest BCUT2D eigenvalue weighted by molar-refractivity contribution is -0.126. The van der Waals surface area contributed by atoms with Gasteiger partial charge in [0.1, 0.15) is 11.5 Å². The minimum absolute atomic E-state index is 0.00857. The second kappa shape index (κ2) is 8.42. The number of hydrogen-bond acceptors (Lipinski definition) is 4. The molecule has 0 saturated carbocycles. The summed E-state index contributed by atoms with van der Waals surface area (Å²) in [7, 11) is 1.59. The van der Waals surface area contributed by atoms with Crippen molar-refractivity contribution in [2.75, 3.05) is 25.5 Å². The van der Waals surface area contributed by atoms with E-state index in [0.717, 1.165) is 5.76 Å². The maximum absolute atomic E-state index is 12.4. The van der Waals surface area contributed by atoms with Gasteiger partial charge in [-0.25, -0.2) is 4.79 Å². The molecule has 0 radical (unpaired) electrons. The number of likely N-dealkylation sites (tertiary alicyclic amines) is 1. The third kappa shape index (κ3) is 4.56. The molecule has 138 valence electrons. The van der Waals surface area contributed by atoms with Crippen LogP contribution in [0.5, 0.6) is 5.75 Å². The molecule has 7 heteroatoms. The molecule has 3 amide bonds. The number of hydrogen-bond donors (Lipinski definition) is 2. The van der Waals surface area contributed by atoms with Crippen molar-refractivity contribution >= 4 is 17.6 Å². The number of nitrogens with one attached hydrogen (secondary N) is 2. The maximum atomic E-state index is 12.4. The first-order valence-electron chi connectivity index (χ1n) is 8.66. The van der Waals surface area contributed by atoms with E-state index in [1.165, 1.54) is 0 Å². The van der Waals surface area contributed by atoms with Gasteiger partial charge in [-0.2, -0.15) is 0 Å². The smallest absolute Gasteiger partial charge is 0.321 e.